The Bertz CT molecular complexity index is 709. The highest BCUT2D eigenvalue weighted by molar-refractivity contribution is 5.51. The number of hydrogen-bond donors (Lipinski definition) is 2. The van der Waals surface area contributed by atoms with Crippen LogP contribution in [0.2, 0.25) is 0 Å². The Kier molecular flexibility index (Phi) is 4.72. The smallest absolute Gasteiger partial charge is 0.123 e. The molecule has 0 heterocycles. The maximum atomic E-state index is 10.8. The molecule has 0 aliphatic heterocycles. The van der Waals surface area contributed by atoms with Crippen molar-refractivity contribution in [3.63, 3.8) is 0 Å². The number of phenols is 2. The van der Waals surface area contributed by atoms with Crippen LogP contribution in [0.25, 0.3) is 0 Å². The summed E-state index contributed by atoms with van der Waals surface area (Å²) in [6.07, 6.45) is 0.653. The Labute approximate surface area is 146 Å². The Morgan fingerprint density at radius 2 is 1.29 bits per heavy atom. The zero-order valence-electron chi connectivity index (χ0n) is 16.0. The van der Waals surface area contributed by atoms with Gasteiger partial charge in [-0.25, -0.2) is 0 Å². The van der Waals surface area contributed by atoms with Gasteiger partial charge in [-0.3, -0.25) is 0 Å². The molecule has 0 unspecified atom stereocenters. The lowest BCUT2D eigenvalue weighted by Crippen LogP contribution is -2.18. The first-order valence-corrected chi connectivity index (χ1v) is 8.55. The molecule has 2 rings (SSSR count). The summed E-state index contributed by atoms with van der Waals surface area (Å²) in [6.45, 7) is 14.7. The molecule has 24 heavy (non-hydrogen) atoms. The van der Waals surface area contributed by atoms with E-state index in [-0.39, 0.29) is 10.8 Å². The molecule has 0 aromatic heterocycles. The molecule has 0 atom stereocenters. The van der Waals surface area contributed by atoms with Gasteiger partial charge in [-0.1, -0.05) is 71.4 Å². The molecule has 0 radical (unpaired) electrons. The second-order valence-electron chi connectivity index (χ2n) is 8.85. The van der Waals surface area contributed by atoms with E-state index in [9.17, 15) is 10.2 Å². The first-order valence-electron chi connectivity index (χ1n) is 8.55. The van der Waals surface area contributed by atoms with E-state index in [0.29, 0.717) is 17.9 Å². The predicted molar refractivity (Wildman–Crippen MR) is 101 cm³/mol. The van der Waals surface area contributed by atoms with Gasteiger partial charge in [0.05, 0.1) is 0 Å². The zero-order valence-corrected chi connectivity index (χ0v) is 16.0. The summed E-state index contributed by atoms with van der Waals surface area (Å²) < 4.78 is 0. The van der Waals surface area contributed by atoms with Crippen molar-refractivity contribution in [1.29, 1.82) is 0 Å². The minimum atomic E-state index is -0.144. The Balaban J connectivity index is 2.60. The van der Waals surface area contributed by atoms with Crippen molar-refractivity contribution in [2.24, 2.45) is 0 Å². The van der Waals surface area contributed by atoms with Gasteiger partial charge >= 0.3 is 0 Å². The van der Waals surface area contributed by atoms with Crippen molar-refractivity contribution >= 4 is 0 Å². The van der Waals surface area contributed by atoms with Crippen LogP contribution in [-0.2, 0) is 17.3 Å². The molecule has 0 spiro atoms. The standard InChI is InChI=1S/C22H30O2/c1-14-8-9-19(23)16(10-14)11-15-12-17(21(2,3)4)20(24)18(13-15)22(5,6)7/h8-10,12-13,23-24H,11H2,1-7H3. The fraction of sp³-hybridized carbons (Fsp3) is 0.455. The molecule has 2 nitrogen and oxygen atoms in total. The van der Waals surface area contributed by atoms with Crippen LogP contribution in [0.4, 0.5) is 0 Å². The zero-order chi connectivity index (χ0) is 18.3. The van der Waals surface area contributed by atoms with Gasteiger partial charge < -0.3 is 10.2 Å². The van der Waals surface area contributed by atoms with Crippen LogP contribution in [0.5, 0.6) is 11.5 Å². The molecule has 0 aliphatic carbocycles. The van der Waals surface area contributed by atoms with E-state index in [0.717, 1.165) is 27.8 Å². The Hall–Kier alpha value is -1.96. The van der Waals surface area contributed by atoms with E-state index in [2.05, 4.69) is 53.7 Å². The van der Waals surface area contributed by atoms with Crippen LogP contribution >= 0.6 is 0 Å². The van der Waals surface area contributed by atoms with Crippen molar-refractivity contribution in [2.75, 3.05) is 0 Å². The highest BCUT2D eigenvalue weighted by Crippen LogP contribution is 2.40. The normalized spacial score (nSPS) is 12.5. The van der Waals surface area contributed by atoms with Crippen molar-refractivity contribution < 1.29 is 10.2 Å². The summed E-state index contributed by atoms with van der Waals surface area (Å²) in [6, 6.07) is 9.84. The summed E-state index contributed by atoms with van der Waals surface area (Å²) in [5.41, 5.74) is 4.79. The summed E-state index contributed by atoms with van der Waals surface area (Å²) in [5.74, 6) is 0.718. The van der Waals surface area contributed by atoms with E-state index < -0.39 is 0 Å². The van der Waals surface area contributed by atoms with Crippen LogP contribution in [0.15, 0.2) is 30.3 Å². The minimum Gasteiger partial charge on any atom is -0.508 e. The molecule has 0 aliphatic rings. The Morgan fingerprint density at radius 1 is 0.792 bits per heavy atom. The van der Waals surface area contributed by atoms with Crippen LogP contribution < -0.4 is 0 Å². The molecule has 0 fully saturated rings. The van der Waals surface area contributed by atoms with E-state index in [1.165, 1.54) is 0 Å². The lowest BCUT2D eigenvalue weighted by molar-refractivity contribution is 0.422. The summed E-state index contributed by atoms with van der Waals surface area (Å²) in [4.78, 5) is 0. The number of phenolic OH excluding ortho intramolecular Hbond substituents is 2. The molecular weight excluding hydrogens is 296 g/mol. The quantitative estimate of drug-likeness (QED) is 0.755. The first kappa shape index (κ1) is 18.4. The molecule has 130 valence electrons. The molecule has 2 heteroatoms. The lowest BCUT2D eigenvalue weighted by Gasteiger charge is -2.28. The molecule has 0 amide bonds. The largest absolute Gasteiger partial charge is 0.508 e. The highest BCUT2D eigenvalue weighted by Gasteiger charge is 2.26. The van der Waals surface area contributed by atoms with Gasteiger partial charge in [0.25, 0.3) is 0 Å². The molecule has 0 saturated carbocycles. The number of rotatable bonds is 2. The van der Waals surface area contributed by atoms with Gasteiger partial charge in [-0.15, -0.1) is 0 Å². The molecule has 0 saturated heterocycles. The van der Waals surface area contributed by atoms with E-state index in [1.807, 2.05) is 19.1 Å². The highest BCUT2D eigenvalue weighted by atomic mass is 16.3. The van der Waals surface area contributed by atoms with Crippen molar-refractivity contribution in [1.82, 2.24) is 0 Å². The number of benzene rings is 2. The fourth-order valence-corrected chi connectivity index (χ4v) is 3.02. The maximum Gasteiger partial charge on any atom is 0.123 e. The van der Waals surface area contributed by atoms with Gasteiger partial charge in [0, 0.05) is 6.42 Å². The average Bonchev–Trinajstić information content (AvgIpc) is 2.42. The SMILES string of the molecule is Cc1ccc(O)c(Cc2cc(C(C)(C)C)c(O)c(C(C)(C)C)c2)c1. The van der Waals surface area contributed by atoms with Crippen LogP contribution in [0.3, 0.4) is 0 Å². The maximum absolute atomic E-state index is 10.8. The molecular formula is C22H30O2. The predicted octanol–water partition coefficient (Wildman–Crippen LogP) is 5.59. The first-order chi connectivity index (χ1) is 10.9. The second-order valence-corrected chi connectivity index (χ2v) is 8.85. The third-order valence-corrected chi connectivity index (χ3v) is 4.42. The van der Waals surface area contributed by atoms with E-state index >= 15 is 0 Å². The Morgan fingerprint density at radius 3 is 1.75 bits per heavy atom. The topological polar surface area (TPSA) is 40.5 Å². The van der Waals surface area contributed by atoms with E-state index in [4.69, 9.17) is 0 Å². The van der Waals surface area contributed by atoms with Gasteiger partial charge in [0.1, 0.15) is 11.5 Å². The van der Waals surface area contributed by atoms with Gasteiger partial charge in [-0.2, -0.15) is 0 Å². The van der Waals surface area contributed by atoms with Crippen LogP contribution in [0.1, 0.15) is 69.4 Å². The molecule has 0 bridgehead atoms. The summed E-state index contributed by atoms with van der Waals surface area (Å²) in [5, 5.41) is 21.0. The average molecular weight is 326 g/mol. The summed E-state index contributed by atoms with van der Waals surface area (Å²) >= 11 is 0. The van der Waals surface area contributed by atoms with Crippen LogP contribution in [-0.4, -0.2) is 10.2 Å². The van der Waals surface area contributed by atoms with Gasteiger partial charge in [-0.05, 0) is 46.1 Å². The minimum absolute atomic E-state index is 0.144. The second kappa shape index (κ2) is 6.16. The monoisotopic (exact) mass is 326 g/mol. The third kappa shape index (κ3) is 3.92. The molecule has 2 N–H and O–H groups in total. The third-order valence-electron chi connectivity index (χ3n) is 4.42. The fourth-order valence-electron chi connectivity index (χ4n) is 3.02. The number of hydrogen-bond acceptors (Lipinski definition) is 2. The summed E-state index contributed by atoms with van der Waals surface area (Å²) in [7, 11) is 0. The van der Waals surface area contributed by atoms with Crippen LogP contribution in [0, 0.1) is 6.92 Å². The molecule has 2 aromatic rings. The van der Waals surface area contributed by atoms with E-state index in [1.54, 1.807) is 6.07 Å². The van der Waals surface area contributed by atoms with Crippen molar-refractivity contribution in [3.05, 3.63) is 58.1 Å². The number of aromatic hydroxyl groups is 2. The number of aryl methyl sites for hydroxylation is 1. The van der Waals surface area contributed by atoms with Crippen molar-refractivity contribution in [2.45, 2.75) is 65.7 Å². The lowest BCUT2D eigenvalue weighted by atomic mass is 9.78. The van der Waals surface area contributed by atoms with Gasteiger partial charge in [0.15, 0.2) is 0 Å². The molecule has 2 aromatic carbocycles. The van der Waals surface area contributed by atoms with Gasteiger partial charge in [0.2, 0.25) is 0 Å². The van der Waals surface area contributed by atoms with Crippen molar-refractivity contribution in [3.8, 4) is 11.5 Å².